The Morgan fingerprint density at radius 2 is 1.81 bits per heavy atom. The molecular formula is C16H11ClFNO2. The molecule has 1 aliphatic heterocycles. The van der Waals surface area contributed by atoms with E-state index in [2.05, 4.69) is 0 Å². The molecule has 0 unspecified atom stereocenters. The molecule has 1 amide bonds. The van der Waals surface area contributed by atoms with Crippen molar-refractivity contribution in [2.75, 3.05) is 4.90 Å². The maximum atomic E-state index is 13.4. The van der Waals surface area contributed by atoms with E-state index in [-0.39, 0.29) is 12.1 Å². The number of carbonyl (C=O) groups is 2. The molecule has 0 N–H and O–H groups in total. The second kappa shape index (κ2) is 4.97. The number of carbonyl (C=O) groups excluding carboxylic acids is 2. The van der Waals surface area contributed by atoms with Gasteiger partial charge in [-0.05, 0) is 42.3 Å². The fraction of sp³-hybridized carbons (Fsp3) is 0.125. The molecule has 3 rings (SSSR count). The first-order valence-electron chi connectivity index (χ1n) is 6.38. The van der Waals surface area contributed by atoms with Crippen LogP contribution in [0.2, 0.25) is 5.02 Å². The fourth-order valence-electron chi connectivity index (χ4n) is 2.53. The van der Waals surface area contributed by atoms with Crippen molar-refractivity contribution in [1.82, 2.24) is 0 Å². The van der Waals surface area contributed by atoms with Gasteiger partial charge in [0.15, 0.2) is 0 Å². The summed E-state index contributed by atoms with van der Waals surface area (Å²) >= 11 is 5.83. The predicted octanol–water partition coefficient (Wildman–Crippen LogP) is 3.52. The van der Waals surface area contributed by atoms with Gasteiger partial charge in [-0.2, -0.15) is 0 Å². The SMILES string of the molecule is Cc1cc(F)cc2c1N(Cc1ccc(Cl)cc1)C(=O)C2=O. The van der Waals surface area contributed by atoms with Crippen molar-refractivity contribution in [2.45, 2.75) is 13.5 Å². The number of halogens is 2. The predicted molar refractivity (Wildman–Crippen MR) is 78.1 cm³/mol. The van der Waals surface area contributed by atoms with E-state index < -0.39 is 17.5 Å². The number of anilines is 1. The number of Topliss-reactive ketones (excluding diaryl/α,β-unsaturated/α-hetero) is 1. The lowest BCUT2D eigenvalue weighted by atomic mass is 10.1. The van der Waals surface area contributed by atoms with Gasteiger partial charge in [-0.15, -0.1) is 0 Å². The highest BCUT2D eigenvalue weighted by Crippen LogP contribution is 2.34. The van der Waals surface area contributed by atoms with E-state index in [9.17, 15) is 14.0 Å². The zero-order valence-corrected chi connectivity index (χ0v) is 11.9. The standard InChI is InChI=1S/C16H11ClFNO2/c1-9-6-12(18)7-13-14(9)19(16(21)15(13)20)8-10-2-4-11(17)5-3-10/h2-7H,8H2,1H3. The van der Waals surface area contributed by atoms with Gasteiger partial charge in [0.2, 0.25) is 0 Å². The Hall–Kier alpha value is -2.20. The lowest BCUT2D eigenvalue weighted by Crippen LogP contribution is -2.29. The molecule has 1 heterocycles. The average molecular weight is 304 g/mol. The van der Waals surface area contributed by atoms with Gasteiger partial charge in [-0.1, -0.05) is 23.7 Å². The van der Waals surface area contributed by atoms with Gasteiger partial charge in [0, 0.05) is 5.02 Å². The van der Waals surface area contributed by atoms with E-state index in [1.54, 1.807) is 31.2 Å². The third-order valence-corrected chi connectivity index (χ3v) is 3.73. The summed E-state index contributed by atoms with van der Waals surface area (Å²) < 4.78 is 13.4. The Morgan fingerprint density at radius 3 is 2.48 bits per heavy atom. The lowest BCUT2D eigenvalue weighted by molar-refractivity contribution is -0.114. The van der Waals surface area contributed by atoms with Crippen LogP contribution < -0.4 is 4.90 Å². The van der Waals surface area contributed by atoms with E-state index in [0.717, 1.165) is 11.6 Å². The van der Waals surface area contributed by atoms with E-state index in [1.807, 2.05) is 0 Å². The van der Waals surface area contributed by atoms with Gasteiger partial charge < -0.3 is 4.90 Å². The molecule has 0 radical (unpaired) electrons. The maximum Gasteiger partial charge on any atom is 0.299 e. The van der Waals surface area contributed by atoms with Crippen molar-refractivity contribution in [2.24, 2.45) is 0 Å². The van der Waals surface area contributed by atoms with Crippen molar-refractivity contribution in [3.05, 3.63) is 63.9 Å². The number of hydrogen-bond donors (Lipinski definition) is 0. The summed E-state index contributed by atoms with van der Waals surface area (Å²) in [5.74, 6) is -1.81. The second-order valence-corrected chi connectivity index (χ2v) is 5.40. The summed E-state index contributed by atoms with van der Waals surface area (Å²) in [6.45, 7) is 1.93. The minimum atomic E-state index is -0.665. The van der Waals surface area contributed by atoms with Crippen LogP contribution in [-0.2, 0) is 11.3 Å². The Bertz CT molecular complexity index is 756. The van der Waals surface area contributed by atoms with Crippen molar-refractivity contribution in [3.8, 4) is 0 Å². The van der Waals surface area contributed by atoms with E-state index >= 15 is 0 Å². The Morgan fingerprint density at radius 1 is 1.14 bits per heavy atom. The Labute approximate surface area is 125 Å². The highest BCUT2D eigenvalue weighted by Gasteiger charge is 2.37. The second-order valence-electron chi connectivity index (χ2n) is 4.97. The molecular weight excluding hydrogens is 293 g/mol. The number of fused-ring (bicyclic) bond motifs is 1. The normalized spacial score (nSPS) is 13.8. The first kappa shape index (κ1) is 13.8. The Balaban J connectivity index is 2.03. The molecule has 0 saturated carbocycles. The van der Waals surface area contributed by atoms with Gasteiger partial charge in [0.1, 0.15) is 5.82 Å². The molecule has 0 atom stereocenters. The maximum absolute atomic E-state index is 13.4. The van der Waals surface area contributed by atoms with Crippen LogP contribution in [0.4, 0.5) is 10.1 Å². The number of nitrogens with zero attached hydrogens (tertiary/aromatic N) is 1. The first-order valence-corrected chi connectivity index (χ1v) is 6.76. The van der Waals surface area contributed by atoms with Crippen LogP contribution in [0.5, 0.6) is 0 Å². The van der Waals surface area contributed by atoms with Gasteiger partial charge in [0.05, 0.1) is 17.8 Å². The molecule has 0 bridgehead atoms. The Kier molecular flexibility index (Phi) is 3.26. The highest BCUT2D eigenvalue weighted by molar-refractivity contribution is 6.52. The van der Waals surface area contributed by atoms with Crippen LogP contribution in [-0.4, -0.2) is 11.7 Å². The van der Waals surface area contributed by atoms with Crippen LogP contribution >= 0.6 is 11.6 Å². The van der Waals surface area contributed by atoms with Crippen LogP contribution in [0.25, 0.3) is 0 Å². The number of hydrogen-bond acceptors (Lipinski definition) is 2. The molecule has 0 saturated heterocycles. The van der Waals surface area contributed by atoms with Crippen molar-refractivity contribution in [1.29, 1.82) is 0 Å². The first-order chi connectivity index (χ1) is 9.97. The molecule has 0 aromatic heterocycles. The van der Waals surface area contributed by atoms with Crippen LogP contribution in [0.3, 0.4) is 0 Å². The van der Waals surface area contributed by atoms with Crippen LogP contribution in [0.1, 0.15) is 21.5 Å². The smallest absolute Gasteiger partial charge is 0.299 e. The van der Waals surface area contributed by atoms with Crippen molar-refractivity contribution in [3.63, 3.8) is 0 Å². The van der Waals surface area contributed by atoms with Gasteiger partial charge in [-0.3, -0.25) is 9.59 Å². The summed E-state index contributed by atoms with van der Waals surface area (Å²) in [6, 6.07) is 9.45. The number of rotatable bonds is 2. The molecule has 106 valence electrons. The summed E-state index contributed by atoms with van der Waals surface area (Å²) in [7, 11) is 0. The third kappa shape index (κ3) is 2.32. The largest absolute Gasteiger partial charge is 0.300 e. The zero-order valence-electron chi connectivity index (χ0n) is 11.2. The molecule has 0 aliphatic carbocycles. The average Bonchev–Trinajstić information content (AvgIpc) is 2.67. The number of amides is 1. The van der Waals surface area contributed by atoms with Gasteiger partial charge >= 0.3 is 0 Å². The highest BCUT2D eigenvalue weighted by atomic mass is 35.5. The van der Waals surface area contributed by atoms with E-state index in [1.165, 1.54) is 11.0 Å². The number of ketones is 1. The summed E-state index contributed by atoms with van der Waals surface area (Å²) in [4.78, 5) is 25.5. The van der Waals surface area contributed by atoms with Gasteiger partial charge in [0.25, 0.3) is 11.7 Å². The zero-order chi connectivity index (χ0) is 15.1. The number of aryl methyl sites for hydroxylation is 1. The topological polar surface area (TPSA) is 37.4 Å². The summed E-state index contributed by atoms with van der Waals surface area (Å²) in [5.41, 5.74) is 2.03. The minimum absolute atomic E-state index is 0.131. The fourth-order valence-corrected chi connectivity index (χ4v) is 2.66. The number of benzene rings is 2. The summed E-state index contributed by atoms with van der Waals surface area (Å²) in [5, 5.41) is 0.598. The third-order valence-electron chi connectivity index (χ3n) is 3.47. The summed E-state index contributed by atoms with van der Waals surface area (Å²) in [6.07, 6.45) is 0. The molecule has 2 aromatic carbocycles. The minimum Gasteiger partial charge on any atom is -0.300 e. The van der Waals surface area contributed by atoms with E-state index in [4.69, 9.17) is 11.6 Å². The monoisotopic (exact) mass is 303 g/mol. The van der Waals surface area contributed by atoms with Crippen molar-refractivity contribution < 1.29 is 14.0 Å². The van der Waals surface area contributed by atoms with Crippen molar-refractivity contribution >= 4 is 29.0 Å². The molecule has 21 heavy (non-hydrogen) atoms. The van der Waals surface area contributed by atoms with E-state index in [0.29, 0.717) is 16.3 Å². The lowest BCUT2D eigenvalue weighted by Gasteiger charge is -2.18. The van der Waals surface area contributed by atoms with Crippen LogP contribution in [0.15, 0.2) is 36.4 Å². The molecule has 5 heteroatoms. The molecule has 0 spiro atoms. The molecule has 2 aromatic rings. The quantitative estimate of drug-likeness (QED) is 0.796. The molecule has 1 aliphatic rings. The van der Waals surface area contributed by atoms with Gasteiger partial charge in [-0.25, -0.2) is 4.39 Å². The van der Waals surface area contributed by atoms with Crippen LogP contribution in [0, 0.1) is 12.7 Å². The molecule has 0 fully saturated rings. The molecule has 3 nitrogen and oxygen atoms in total.